The maximum atomic E-state index is 12.3. The van der Waals surface area contributed by atoms with E-state index in [1.54, 1.807) is 0 Å². The molecule has 0 atom stereocenters. The zero-order valence-electron chi connectivity index (χ0n) is 12.3. The third-order valence-corrected chi connectivity index (χ3v) is 4.30. The maximum Gasteiger partial charge on any atom is 0.338 e. The van der Waals surface area contributed by atoms with E-state index in [1.807, 2.05) is 55.5 Å². The van der Waals surface area contributed by atoms with Gasteiger partial charge in [0, 0.05) is 14.5 Å². The number of halogens is 1. The van der Waals surface area contributed by atoms with Crippen LogP contribution in [0.5, 0.6) is 0 Å². The highest BCUT2D eigenvalue weighted by molar-refractivity contribution is 14.1. The Kier molecular flexibility index (Phi) is 4.11. The summed E-state index contributed by atoms with van der Waals surface area (Å²) in [5.74, 6) is -0.330. The molecule has 0 fully saturated rings. The highest BCUT2D eigenvalue weighted by atomic mass is 127. The number of carbonyl (C=O) groups is 1. The van der Waals surface area contributed by atoms with Gasteiger partial charge < -0.3 is 4.74 Å². The first-order valence-electron chi connectivity index (χ1n) is 6.85. The van der Waals surface area contributed by atoms with Gasteiger partial charge in [-0.25, -0.2) is 9.78 Å². The van der Waals surface area contributed by atoms with Gasteiger partial charge in [-0.1, -0.05) is 30.3 Å². The number of methoxy groups -OCH3 is 1. The summed E-state index contributed by atoms with van der Waals surface area (Å²) in [6, 6.07) is 15.8. The Morgan fingerprint density at radius 3 is 2.55 bits per heavy atom. The summed E-state index contributed by atoms with van der Waals surface area (Å²) >= 11 is 2.23. The molecule has 0 aliphatic carbocycles. The number of ether oxygens (including phenoxy) is 1. The molecule has 0 unspecified atom stereocenters. The van der Waals surface area contributed by atoms with Crippen molar-refractivity contribution in [2.75, 3.05) is 7.11 Å². The number of hydrogen-bond acceptors (Lipinski definition) is 3. The number of rotatable bonds is 2. The highest BCUT2D eigenvalue weighted by Gasteiger charge is 2.19. The van der Waals surface area contributed by atoms with E-state index in [4.69, 9.17) is 9.72 Å². The summed E-state index contributed by atoms with van der Waals surface area (Å²) in [6.07, 6.45) is 0. The van der Waals surface area contributed by atoms with E-state index < -0.39 is 0 Å². The lowest BCUT2D eigenvalue weighted by molar-refractivity contribution is 0.0602. The van der Waals surface area contributed by atoms with Gasteiger partial charge in [-0.3, -0.25) is 0 Å². The first-order chi connectivity index (χ1) is 10.6. The van der Waals surface area contributed by atoms with Crippen LogP contribution in [0.3, 0.4) is 0 Å². The summed E-state index contributed by atoms with van der Waals surface area (Å²) < 4.78 is 6.05. The van der Waals surface area contributed by atoms with Gasteiger partial charge in [0.2, 0.25) is 0 Å². The lowest BCUT2D eigenvalue weighted by atomic mass is 9.98. The molecule has 3 rings (SSSR count). The Morgan fingerprint density at radius 1 is 1.14 bits per heavy atom. The molecule has 0 aliphatic rings. The number of esters is 1. The molecule has 0 bridgehead atoms. The van der Waals surface area contributed by atoms with Crippen molar-refractivity contribution in [3.8, 4) is 11.3 Å². The molecule has 4 heteroatoms. The second-order valence-electron chi connectivity index (χ2n) is 4.98. The van der Waals surface area contributed by atoms with Gasteiger partial charge in [-0.05, 0) is 53.3 Å². The molecule has 0 aliphatic heterocycles. The van der Waals surface area contributed by atoms with Gasteiger partial charge in [0.1, 0.15) is 0 Å². The van der Waals surface area contributed by atoms with Crippen LogP contribution in [0.25, 0.3) is 22.2 Å². The van der Waals surface area contributed by atoms with Crippen molar-refractivity contribution in [3.05, 3.63) is 63.2 Å². The monoisotopic (exact) mass is 403 g/mol. The molecule has 0 radical (unpaired) electrons. The molecule has 0 saturated carbocycles. The van der Waals surface area contributed by atoms with Crippen molar-refractivity contribution in [2.24, 2.45) is 0 Å². The molecule has 0 saturated heterocycles. The zero-order chi connectivity index (χ0) is 15.7. The van der Waals surface area contributed by atoms with Crippen molar-refractivity contribution in [1.29, 1.82) is 0 Å². The van der Waals surface area contributed by atoms with Gasteiger partial charge in [0.05, 0.1) is 23.9 Å². The van der Waals surface area contributed by atoms with Crippen LogP contribution in [0.4, 0.5) is 0 Å². The van der Waals surface area contributed by atoms with E-state index in [-0.39, 0.29) is 5.97 Å². The summed E-state index contributed by atoms with van der Waals surface area (Å²) in [6.45, 7) is 1.92. The fraction of sp³-hybridized carbons (Fsp3) is 0.111. The Hall–Kier alpha value is -1.95. The molecule has 0 spiro atoms. The summed E-state index contributed by atoms with van der Waals surface area (Å²) in [4.78, 5) is 17.0. The molecule has 0 N–H and O–H groups in total. The molecule has 0 amide bonds. The molecule has 3 nitrogen and oxygen atoms in total. The normalized spacial score (nSPS) is 10.7. The smallest absolute Gasteiger partial charge is 0.338 e. The predicted octanol–water partition coefficient (Wildman–Crippen LogP) is 4.60. The molecule has 3 aromatic rings. The lowest BCUT2D eigenvalue weighted by Crippen LogP contribution is -2.07. The first kappa shape index (κ1) is 15.0. The van der Waals surface area contributed by atoms with Crippen molar-refractivity contribution in [1.82, 2.24) is 4.98 Å². The Bertz CT molecular complexity index is 860. The first-order valence-corrected chi connectivity index (χ1v) is 7.93. The largest absolute Gasteiger partial charge is 0.465 e. The highest BCUT2D eigenvalue weighted by Crippen LogP contribution is 2.30. The average Bonchev–Trinajstić information content (AvgIpc) is 2.54. The molecule has 22 heavy (non-hydrogen) atoms. The predicted molar refractivity (Wildman–Crippen MR) is 96.0 cm³/mol. The van der Waals surface area contributed by atoms with Crippen LogP contribution in [0.2, 0.25) is 0 Å². The van der Waals surface area contributed by atoms with Crippen LogP contribution in [-0.2, 0) is 4.74 Å². The third kappa shape index (κ3) is 2.59. The standard InChI is InChI=1S/C18H14INO2/c1-11-16(18(21)22-2)14-10-13(19)8-9-15(14)20-17(11)12-6-4-3-5-7-12/h3-10H,1-2H3. The Morgan fingerprint density at radius 2 is 1.86 bits per heavy atom. The second-order valence-corrected chi connectivity index (χ2v) is 6.23. The quantitative estimate of drug-likeness (QED) is 0.464. The SMILES string of the molecule is COC(=O)c1c(C)c(-c2ccccc2)nc2ccc(I)cc12. The van der Waals surface area contributed by atoms with Crippen LogP contribution in [-0.4, -0.2) is 18.1 Å². The summed E-state index contributed by atoms with van der Waals surface area (Å²) in [5, 5.41) is 0.830. The summed E-state index contributed by atoms with van der Waals surface area (Å²) in [5.41, 5.74) is 4.03. The van der Waals surface area contributed by atoms with Crippen LogP contribution in [0.1, 0.15) is 15.9 Å². The van der Waals surface area contributed by atoms with Crippen LogP contribution in [0, 0.1) is 10.5 Å². The number of nitrogens with zero attached hydrogens (tertiary/aromatic N) is 1. The average molecular weight is 403 g/mol. The van der Waals surface area contributed by atoms with E-state index in [0.29, 0.717) is 5.56 Å². The minimum atomic E-state index is -0.330. The molecular weight excluding hydrogens is 389 g/mol. The Balaban J connectivity index is 2.39. The van der Waals surface area contributed by atoms with Gasteiger partial charge >= 0.3 is 5.97 Å². The van der Waals surface area contributed by atoms with E-state index >= 15 is 0 Å². The number of aromatic nitrogens is 1. The lowest BCUT2D eigenvalue weighted by Gasteiger charge is -2.13. The molecule has 1 heterocycles. The minimum Gasteiger partial charge on any atom is -0.465 e. The maximum absolute atomic E-state index is 12.3. The molecule has 110 valence electrons. The van der Waals surface area contributed by atoms with Gasteiger partial charge in [0.15, 0.2) is 0 Å². The topological polar surface area (TPSA) is 39.2 Å². The fourth-order valence-corrected chi connectivity index (χ4v) is 3.06. The molecule has 1 aromatic heterocycles. The van der Waals surface area contributed by atoms with Gasteiger partial charge in [0.25, 0.3) is 0 Å². The van der Waals surface area contributed by atoms with Gasteiger partial charge in [-0.2, -0.15) is 0 Å². The van der Waals surface area contributed by atoms with Crippen LogP contribution < -0.4 is 0 Å². The van der Waals surface area contributed by atoms with Crippen molar-refractivity contribution >= 4 is 39.5 Å². The Labute approximate surface area is 142 Å². The number of hydrogen-bond donors (Lipinski definition) is 0. The van der Waals surface area contributed by atoms with Crippen molar-refractivity contribution < 1.29 is 9.53 Å². The molecular formula is C18H14INO2. The zero-order valence-corrected chi connectivity index (χ0v) is 14.4. The second kappa shape index (κ2) is 6.04. The number of pyridine rings is 1. The molecule has 2 aromatic carbocycles. The van der Waals surface area contributed by atoms with E-state index in [9.17, 15) is 4.79 Å². The third-order valence-electron chi connectivity index (χ3n) is 3.63. The van der Waals surface area contributed by atoms with Crippen molar-refractivity contribution in [2.45, 2.75) is 6.92 Å². The van der Waals surface area contributed by atoms with Crippen molar-refractivity contribution in [3.63, 3.8) is 0 Å². The number of benzene rings is 2. The van der Waals surface area contributed by atoms with Gasteiger partial charge in [-0.15, -0.1) is 0 Å². The van der Waals surface area contributed by atoms with E-state index in [1.165, 1.54) is 7.11 Å². The van der Waals surface area contributed by atoms with Crippen LogP contribution in [0.15, 0.2) is 48.5 Å². The minimum absolute atomic E-state index is 0.330. The fourth-order valence-electron chi connectivity index (χ4n) is 2.57. The van der Waals surface area contributed by atoms with E-state index in [0.717, 1.165) is 31.3 Å². The van der Waals surface area contributed by atoms with Crippen LogP contribution >= 0.6 is 22.6 Å². The van der Waals surface area contributed by atoms with E-state index in [2.05, 4.69) is 22.6 Å². The summed E-state index contributed by atoms with van der Waals surface area (Å²) in [7, 11) is 1.41. The number of carbonyl (C=O) groups excluding carboxylic acids is 1. The number of fused-ring (bicyclic) bond motifs is 1.